The van der Waals surface area contributed by atoms with Crippen LogP contribution in [0.4, 0.5) is 19.3 Å². The monoisotopic (exact) mass is 352 g/mol. The fourth-order valence-electron chi connectivity index (χ4n) is 2.44. The van der Waals surface area contributed by atoms with Gasteiger partial charge in [0.1, 0.15) is 5.60 Å². The molecule has 25 heavy (non-hydrogen) atoms. The summed E-state index contributed by atoms with van der Waals surface area (Å²) in [4.78, 5) is 24.1. The number of hydrogen-bond donors (Lipinski definition) is 1. The van der Waals surface area contributed by atoms with E-state index in [-0.39, 0.29) is 17.3 Å². The number of amides is 2. The quantitative estimate of drug-likeness (QED) is 0.833. The first-order valence-electron chi connectivity index (χ1n) is 7.89. The number of nitrogens with zero attached hydrogens (tertiary/aromatic N) is 1. The second-order valence-corrected chi connectivity index (χ2v) is 7.09. The van der Waals surface area contributed by atoms with Gasteiger partial charge in [-0.2, -0.15) is 0 Å². The van der Waals surface area contributed by atoms with Gasteiger partial charge in [0.05, 0.1) is 5.69 Å². The molecular formula is C18H22F2N2O3. The summed E-state index contributed by atoms with van der Waals surface area (Å²) in [5.74, 6) is -3.05. The number of rotatable bonds is 4. The van der Waals surface area contributed by atoms with Crippen LogP contribution in [0.15, 0.2) is 23.8 Å². The molecule has 136 valence electrons. The largest absolute Gasteiger partial charge is 0.444 e. The van der Waals surface area contributed by atoms with E-state index < -0.39 is 11.5 Å². The maximum absolute atomic E-state index is 13.6. The van der Waals surface area contributed by atoms with Crippen molar-refractivity contribution in [3.63, 3.8) is 0 Å². The summed E-state index contributed by atoms with van der Waals surface area (Å²) < 4.78 is 32.4. The lowest BCUT2D eigenvalue weighted by molar-refractivity contribution is -0.105. The van der Waals surface area contributed by atoms with Gasteiger partial charge in [-0.05, 0) is 38.0 Å². The van der Waals surface area contributed by atoms with Crippen LogP contribution in [0.25, 0.3) is 6.08 Å². The van der Waals surface area contributed by atoms with Gasteiger partial charge in [-0.25, -0.2) is 13.6 Å². The van der Waals surface area contributed by atoms with Gasteiger partial charge in [-0.15, -0.1) is 0 Å². The van der Waals surface area contributed by atoms with Gasteiger partial charge in [-0.1, -0.05) is 18.2 Å². The van der Waals surface area contributed by atoms with Gasteiger partial charge in [0.2, 0.25) is 6.41 Å². The van der Waals surface area contributed by atoms with Crippen LogP contribution in [0.3, 0.4) is 0 Å². The zero-order valence-corrected chi connectivity index (χ0v) is 14.7. The molecule has 0 aromatic heterocycles. The Morgan fingerprint density at radius 1 is 1.24 bits per heavy atom. The van der Waals surface area contributed by atoms with Crippen molar-refractivity contribution in [3.8, 4) is 0 Å². The molecule has 2 rings (SSSR count). The highest BCUT2D eigenvalue weighted by Gasteiger charge is 2.30. The Kier molecular flexibility index (Phi) is 5.15. The second kappa shape index (κ2) is 6.82. The summed E-state index contributed by atoms with van der Waals surface area (Å²) in [5, 5.41) is 2.31. The highest BCUT2D eigenvalue weighted by atomic mass is 19.3. The Morgan fingerprint density at radius 3 is 2.40 bits per heavy atom. The fraction of sp³-hybridized carbons (Fsp3) is 0.444. The van der Waals surface area contributed by atoms with Gasteiger partial charge < -0.3 is 15.0 Å². The molecule has 0 aliphatic carbocycles. The van der Waals surface area contributed by atoms with Crippen LogP contribution >= 0.6 is 0 Å². The van der Waals surface area contributed by atoms with Crippen LogP contribution in [-0.2, 0) is 15.5 Å². The molecule has 0 atom stereocenters. The predicted octanol–water partition coefficient (Wildman–Crippen LogP) is 4.00. The summed E-state index contributed by atoms with van der Waals surface area (Å²) in [6, 6.07) is 4.35. The molecule has 1 N–H and O–H groups in total. The first-order chi connectivity index (χ1) is 11.5. The molecule has 1 aliphatic rings. The molecule has 0 saturated carbocycles. The van der Waals surface area contributed by atoms with E-state index in [0.717, 1.165) is 12.5 Å². The van der Waals surface area contributed by atoms with Crippen LogP contribution in [0.5, 0.6) is 0 Å². The zero-order chi connectivity index (χ0) is 18.8. The van der Waals surface area contributed by atoms with Crippen molar-refractivity contribution in [2.24, 2.45) is 0 Å². The minimum absolute atomic E-state index is 0.0696. The fourth-order valence-corrected chi connectivity index (χ4v) is 2.44. The lowest BCUT2D eigenvalue weighted by atomic mass is 10.0. The summed E-state index contributed by atoms with van der Waals surface area (Å²) in [6.45, 7) is 7.03. The van der Waals surface area contributed by atoms with Gasteiger partial charge in [-0.3, -0.25) is 4.79 Å². The number of halogens is 2. The van der Waals surface area contributed by atoms with E-state index in [1.54, 1.807) is 31.7 Å². The van der Waals surface area contributed by atoms with Crippen molar-refractivity contribution >= 4 is 24.3 Å². The number of likely N-dealkylation sites (tertiary alicyclic amines) is 1. The number of ether oxygens (including phenoxy) is 1. The molecule has 0 unspecified atom stereocenters. The van der Waals surface area contributed by atoms with Gasteiger partial charge in [0.15, 0.2) is 0 Å². The number of alkyl halides is 2. The maximum atomic E-state index is 13.6. The SMILES string of the molecule is CC(C)(C)OC(=O)N1CC(=Cc2ccc(C(C)(F)F)c(NC=O)c2)C1. The minimum atomic E-state index is -3.05. The van der Waals surface area contributed by atoms with Crippen molar-refractivity contribution in [2.45, 2.75) is 39.2 Å². The highest BCUT2D eigenvalue weighted by molar-refractivity contribution is 5.77. The third-order valence-corrected chi connectivity index (χ3v) is 3.54. The van der Waals surface area contributed by atoms with E-state index in [1.165, 1.54) is 12.1 Å². The second-order valence-electron chi connectivity index (χ2n) is 7.09. The Bertz CT molecular complexity index is 695. The van der Waals surface area contributed by atoms with Crippen molar-refractivity contribution in [1.82, 2.24) is 4.90 Å². The standard InChI is InChI=1S/C18H22F2N2O3/c1-17(2,3)25-16(24)22-9-13(10-22)7-12-5-6-14(18(4,19)20)15(8-12)21-11-23/h5-8,11H,9-10H2,1-4H3,(H,21,23). The van der Waals surface area contributed by atoms with E-state index in [2.05, 4.69) is 5.32 Å². The number of benzene rings is 1. The average Bonchev–Trinajstić information content (AvgIpc) is 2.39. The summed E-state index contributed by atoms with van der Waals surface area (Å²) >= 11 is 0. The van der Waals surface area contributed by atoms with Crippen molar-refractivity contribution in [3.05, 3.63) is 34.9 Å². The molecule has 1 heterocycles. The molecule has 1 fully saturated rings. The lowest BCUT2D eigenvalue weighted by Crippen LogP contribution is -2.46. The van der Waals surface area contributed by atoms with Gasteiger partial charge in [0.25, 0.3) is 5.92 Å². The third-order valence-electron chi connectivity index (χ3n) is 3.54. The third kappa shape index (κ3) is 5.01. The summed E-state index contributed by atoms with van der Waals surface area (Å²) in [6.07, 6.45) is 1.80. The molecule has 1 saturated heterocycles. The van der Waals surface area contributed by atoms with Crippen LogP contribution in [0.2, 0.25) is 0 Å². The number of carbonyl (C=O) groups excluding carboxylic acids is 2. The average molecular weight is 352 g/mol. The van der Waals surface area contributed by atoms with Crippen LogP contribution in [0.1, 0.15) is 38.8 Å². The Morgan fingerprint density at radius 2 is 1.88 bits per heavy atom. The minimum Gasteiger partial charge on any atom is -0.444 e. The molecule has 0 spiro atoms. The van der Waals surface area contributed by atoms with Crippen molar-refractivity contribution in [1.29, 1.82) is 0 Å². The van der Waals surface area contributed by atoms with Crippen molar-refractivity contribution in [2.75, 3.05) is 18.4 Å². The number of carbonyl (C=O) groups is 2. The van der Waals surface area contributed by atoms with Gasteiger partial charge in [0, 0.05) is 25.6 Å². The molecule has 0 bridgehead atoms. The van der Waals surface area contributed by atoms with E-state index >= 15 is 0 Å². The molecular weight excluding hydrogens is 330 g/mol. The smallest absolute Gasteiger partial charge is 0.410 e. The zero-order valence-electron chi connectivity index (χ0n) is 14.7. The number of nitrogens with one attached hydrogen (secondary N) is 1. The molecule has 1 aliphatic heterocycles. The summed E-state index contributed by atoms with van der Waals surface area (Å²) in [5.41, 5.74) is 0.925. The Labute approximate surface area is 145 Å². The number of anilines is 1. The highest BCUT2D eigenvalue weighted by Crippen LogP contribution is 2.34. The normalized spacial score (nSPS) is 14.6. The van der Waals surface area contributed by atoms with E-state index in [1.807, 2.05) is 6.08 Å². The van der Waals surface area contributed by atoms with E-state index in [4.69, 9.17) is 4.74 Å². The Balaban J connectivity index is 2.09. The molecule has 1 aromatic rings. The molecule has 1 aromatic carbocycles. The van der Waals surface area contributed by atoms with Crippen LogP contribution in [-0.4, -0.2) is 36.1 Å². The van der Waals surface area contributed by atoms with Crippen molar-refractivity contribution < 1.29 is 23.1 Å². The van der Waals surface area contributed by atoms with Crippen LogP contribution < -0.4 is 5.32 Å². The predicted molar refractivity (Wildman–Crippen MR) is 91.5 cm³/mol. The maximum Gasteiger partial charge on any atom is 0.410 e. The topological polar surface area (TPSA) is 58.6 Å². The molecule has 0 radical (unpaired) electrons. The Hall–Kier alpha value is -2.44. The summed E-state index contributed by atoms with van der Waals surface area (Å²) in [7, 11) is 0. The van der Waals surface area contributed by atoms with E-state index in [9.17, 15) is 18.4 Å². The molecule has 5 nitrogen and oxygen atoms in total. The molecule has 7 heteroatoms. The first-order valence-corrected chi connectivity index (χ1v) is 7.89. The number of hydrogen-bond acceptors (Lipinski definition) is 3. The first kappa shape index (κ1) is 18.9. The van der Waals surface area contributed by atoms with Crippen LogP contribution in [0, 0.1) is 0 Å². The lowest BCUT2D eigenvalue weighted by Gasteiger charge is -2.35. The van der Waals surface area contributed by atoms with Gasteiger partial charge >= 0.3 is 6.09 Å². The molecule has 2 amide bonds. The van der Waals surface area contributed by atoms with E-state index in [0.29, 0.717) is 25.1 Å².